The Kier molecular flexibility index (Phi) is 4.67. The summed E-state index contributed by atoms with van der Waals surface area (Å²) in [5.41, 5.74) is 1.71. The maximum atomic E-state index is 8.91. The first-order valence-corrected chi connectivity index (χ1v) is 8.31. The van der Waals surface area contributed by atoms with Gasteiger partial charge in [0.15, 0.2) is 0 Å². The number of halogens is 1. The van der Waals surface area contributed by atoms with Gasteiger partial charge in [0.1, 0.15) is 0 Å². The fourth-order valence-electron chi connectivity index (χ4n) is 3.52. The molecule has 3 rings (SSSR count). The molecule has 21 heavy (non-hydrogen) atoms. The number of likely N-dealkylation sites (tertiary alicyclic amines) is 1. The van der Waals surface area contributed by atoms with Crippen LogP contribution in [0.3, 0.4) is 0 Å². The molecule has 112 valence electrons. The average Bonchev–Trinajstić information content (AvgIpc) is 3.01. The standard InChI is InChI=1S/C17H22ClN3/c18-16-11-15(12-19)3-4-17(16)21-9-5-14(6-10-21)13-20-7-1-2-8-20/h3-4,11,14H,1-2,5-10,13H2. The van der Waals surface area contributed by atoms with Crippen molar-refractivity contribution in [2.24, 2.45) is 5.92 Å². The van der Waals surface area contributed by atoms with Gasteiger partial charge in [-0.3, -0.25) is 0 Å². The van der Waals surface area contributed by atoms with Crippen molar-refractivity contribution < 1.29 is 0 Å². The van der Waals surface area contributed by atoms with Crippen LogP contribution in [0.4, 0.5) is 5.69 Å². The molecule has 0 unspecified atom stereocenters. The van der Waals surface area contributed by atoms with E-state index in [9.17, 15) is 0 Å². The predicted octanol–water partition coefficient (Wildman–Crippen LogP) is 3.52. The van der Waals surface area contributed by atoms with Crippen LogP contribution in [0, 0.1) is 17.2 Å². The van der Waals surface area contributed by atoms with Gasteiger partial charge >= 0.3 is 0 Å². The summed E-state index contributed by atoms with van der Waals surface area (Å²) in [4.78, 5) is 4.99. The van der Waals surface area contributed by atoms with Crippen molar-refractivity contribution in [1.82, 2.24) is 4.90 Å². The molecule has 0 aromatic heterocycles. The highest BCUT2D eigenvalue weighted by atomic mass is 35.5. The Labute approximate surface area is 132 Å². The first-order chi connectivity index (χ1) is 10.3. The van der Waals surface area contributed by atoms with E-state index in [0.717, 1.165) is 24.7 Å². The van der Waals surface area contributed by atoms with E-state index >= 15 is 0 Å². The van der Waals surface area contributed by atoms with E-state index in [4.69, 9.17) is 16.9 Å². The Morgan fingerprint density at radius 3 is 2.48 bits per heavy atom. The molecule has 2 heterocycles. The number of hydrogen-bond donors (Lipinski definition) is 0. The average molecular weight is 304 g/mol. The highest BCUT2D eigenvalue weighted by molar-refractivity contribution is 6.33. The van der Waals surface area contributed by atoms with Gasteiger partial charge in [-0.05, 0) is 62.9 Å². The predicted molar refractivity (Wildman–Crippen MR) is 86.8 cm³/mol. The zero-order chi connectivity index (χ0) is 14.7. The van der Waals surface area contributed by atoms with Crippen molar-refractivity contribution in [3.05, 3.63) is 28.8 Å². The monoisotopic (exact) mass is 303 g/mol. The maximum Gasteiger partial charge on any atom is 0.0992 e. The Morgan fingerprint density at radius 2 is 1.86 bits per heavy atom. The van der Waals surface area contributed by atoms with Gasteiger partial charge in [0.2, 0.25) is 0 Å². The molecule has 2 aliphatic rings. The normalized spacial score (nSPS) is 20.7. The van der Waals surface area contributed by atoms with Gasteiger partial charge in [-0.15, -0.1) is 0 Å². The van der Waals surface area contributed by atoms with Crippen LogP contribution >= 0.6 is 11.6 Å². The molecule has 1 aromatic rings. The van der Waals surface area contributed by atoms with Gasteiger partial charge in [-0.1, -0.05) is 11.6 Å². The highest BCUT2D eigenvalue weighted by Gasteiger charge is 2.23. The first kappa shape index (κ1) is 14.7. The molecule has 0 amide bonds. The second kappa shape index (κ2) is 6.68. The number of hydrogen-bond acceptors (Lipinski definition) is 3. The molecular weight excluding hydrogens is 282 g/mol. The van der Waals surface area contributed by atoms with Gasteiger partial charge in [0.25, 0.3) is 0 Å². The fraction of sp³-hybridized carbons (Fsp3) is 0.588. The number of anilines is 1. The van der Waals surface area contributed by atoms with Crippen molar-refractivity contribution in [2.45, 2.75) is 25.7 Å². The van der Waals surface area contributed by atoms with Crippen LogP contribution in [0.2, 0.25) is 5.02 Å². The van der Waals surface area contributed by atoms with Crippen LogP contribution < -0.4 is 4.90 Å². The molecule has 0 bridgehead atoms. The molecule has 1 aromatic carbocycles. The molecule has 2 fully saturated rings. The molecule has 4 heteroatoms. The molecule has 2 saturated heterocycles. The van der Waals surface area contributed by atoms with Crippen molar-refractivity contribution in [3.8, 4) is 6.07 Å². The van der Waals surface area contributed by atoms with E-state index in [1.807, 2.05) is 12.1 Å². The van der Waals surface area contributed by atoms with Crippen LogP contribution in [-0.4, -0.2) is 37.6 Å². The summed E-state index contributed by atoms with van der Waals surface area (Å²) in [6, 6.07) is 7.75. The zero-order valence-electron chi connectivity index (χ0n) is 12.4. The molecule has 0 spiro atoms. The van der Waals surface area contributed by atoms with Crippen molar-refractivity contribution in [2.75, 3.05) is 37.6 Å². The Bertz CT molecular complexity index is 523. The largest absolute Gasteiger partial charge is 0.370 e. The lowest BCUT2D eigenvalue weighted by atomic mass is 9.96. The lowest BCUT2D eigenvalue weighted by Crippen LogP contribution is -2.38. The SMILES string of the molecule is N#Cc1ccc(N2CCC(CN3CCCC3)CC2)c(Cl)c1. The molecule has 2 aliphatic heterocycles. The van der Waals surface area contributed by atoms with E-state index in [2.05, 4.69) is 15.9 Å². The molecule has 3 nitrogen and oxygen atoms in total. The minimum absolute atomic E-state index is 0.632. The third kappa shape index (κ3) is 3.51. The molecule has 0 aliphatic carbocycles. The number of rotatable bonds is 3. The van der Waals surface area contributed by atoms with E-state index in [0.29, 0.717) is 10.6 Å². The third-order valence-corrected chi connectivity index (χ3v) is 5.05. The van der Waals surface area contributed by atoms with Crippen molar-refractivity contribution in [1.29, 1.82) is 5.26 Å². The summed E-state index contributed by atoms with van der Waals surface area (Å²) >= 11 is 6.31. The molecule has 0 saturated carbocycles. The minimum atomic E-state index is 0.632. The fourth-order valence-corrected chi connectivity index (χ4v) is 3.82. The maximum absolute atomic E-state index is 8.91. The lowest BCUT2D eigenvalue weighted by Gasteiger charge is -2.35. The van der Waals surface area contributed by atoms with E-state index < -0.39 is 0 Å². The number of nitrogens with zero attached hydrogens (tertiary/aromatic N) is 3. The van der Waals surface area contributed by atoms with Crippen molar-refractivity contribution in [3.63, 3.8) is 0 Å². The van der Waals surface area contributed by atoms with Gasteiger partial charge in [-0.2, -0.15) is 5.26 Å². The zero-order valence-corrected chi connectivity index (χ0v) is 13.1. The molecule has 0 atom stereocenters. The summed E-state index contributed by atoms with van der Waals surface area (Å²) in [6.07, 6.45) is 5.24. The van der Waals surface area contributed by atoms with Crippen LogP contribution in [-0.2, 0) is 0 Å². The van der Waals surface area contributed by atoms with Crippen LogP contribution in [0.25, 0.3) is 0 Å². The van der Waals surface area contributed by atoms with Crippen LogP contribution in [0.1, 0.15) is 31.2 Å². The van der Waals surface area contributed by atoms with Gasteiger partial charge in [0, 0.05) is 19.6 Å². The summed E-state index contributed by atoms with van der Waals surface area (Å²) in [6.45, 7) is 6.01. The second-order valence-electron chi connectivity index (χ2n) is 6.22. The quantitative estimate of drug-likeness (QED) is 0.856. The Morgan fingerprint density at radius 1 is 1.14 bits per heavy atom. The highest BCUT2D eigenvalue weighted by Crippen LogP contribution is 2.31. The number of nitriles is 1. The van der Waals surface area contributed by atoms with Crippen molar-refractivity contribution >= 4 is 17.3 Å². The molecule has 0 radical (unpaired) electrons. The van der Waals surface area contributed by atoms with E-state index in [-0.39, 0.29) is 0 Å². The Hall–Kier alpha value is -1.24. The van der Waals surface area contributed by atoms with Crippen LogP contribution in [0.15, 0.2) is 18.2 Å². The lowest BCUT2D eigenvalue weighted by molar-refractivity contribution is 0.249. The first-order valence-electron chi connectivity index (χ1n) is 7.93. The minimum Gasteiger partial charge on any atom is -0.370 e. The molecular formula is C17H22ClN3. The summed E-state index contributed by atoms with van der Waals surface area (Å²) in [7, 11) is 0. The smallest absolute Gasteiger partial charge is 0.0992 e. The third-order valence-electron chi connectivity index (χ3n) is 4.75. The topological polar surface area (TPSA) is 30.3 Å². The van der Waals surface area contributed by atoms with E-state index in [1.54, 1.807) is 6.07 Å². The number of piperidine rings is 1. The number of benzene rings is 1. The summed E-state index contributed by atoms with van der Waals surface area (Å²) in [5.74, 6) is 0.830. The Balaban J connectivity index is 1.56. The second-order valence-corrected chi connectivity index (χ2v) is 6.62. The summed E-state index contributed by atoms with van der Waals surface area (Å²) < 4.78 is 0. The summed E-state index contributed by atoms with van der Waals surface area (Å²) in [5, 5.41) is 9.61. The van der Waals surface area contributed by atoms with Gasteiger partial charge in [0.05, 0.1) is 22.3 Å². The van der Waals surface area contributed by atoms with Gasteiger partial charge in [-0.25, -0.2) is 0 Å². The van der Waals surface area contributed by atoms with Crippen LogP contribution in [0.5, 0.6) is 0 Å². The van der Waals surface area contributed by atoms with Gasteiger partial charge < -0.3 is 9.80 Å². The molecule has 0 N–H and O–H groups in total. The van der Waals surface area contributed by atoms with E-state index in [1.165, 1.54) is 45.3 Å².